The minimum atomic E-state index is 0.731. The van der Waals surface area contributed by atoms with E-state index < -0.39 is 0 Å². The lowest BCUT2D eigenvalue weighted by Gasteiger charge is -2.04. The molecule has 1 fully saturated rings. The van der Waals surface area contributed by atoms with E-state index in [0.717, 1.165) is 37.1 Å². The first-order valence-corrected chi connectivity index (χ1v) is 7.02. The van der Waals surface area contributed by atoms with Crippen molar-refractivity contribution in [2.45, 2.75) is 52.4 Å². The Morgan fingerprint density at radius 3 is 3.00 bits per heavy atom. The molecule has 0 spiro atoms. The number of imidazole rings is 1. The predicted molar refractivity (Wildman–Crippen MR) is 73.8 cm³/mol. The van der Waals surface area contributed by atoms with Crippen molar-refractivity contribution in [3.8, 4) is 0 Å². The molecule has 5 nitrogen and oxygen atoms in total. The predicted octanol–water partition coefficient (Wildman–Crippen LogP) is 1.71. The summed E-state index contributed by atoms with van der Waals surface area (Å²) in [7, 11) is 0. The van der Waals surface area contributed by atoms with E-state index in [1.54, 1.807) is 0 Å². The average molecular weight is 259 g/mol. The van der Waals surface area contributed by atoms with Gasteiger partial charge in [-0.25, -0.2) is 4.98 Å². The third-order valence-corrected chi connectivity index (χ3v) is 3.47. The van der Waals surface area contributed by atoms with Gasteiger partial charge in [-0.15, -0.1) is 0 Å². The molecule has 19 heavy (non-hydrogen) atoms. The van der Waals surface area contributed by atoms with Gasteiger partial charge in [0, 0.05) is 25.3 Å². The largest absolute Gasteiger partial charge is 0.331 e. The van der Waals surface area contributed by atoms with E-state index in [1.165, 1.54) is 18.5 Å². The van der Waals surface area contributed by atoms with Crippen molar-refractivity contribution in [1.82, 2.24) is 24.6 Å². The van der Waals surface area contributed by atoms with E-state index in [-0.39, 0.29) is 0 Å². The number of aryl methyl sites for hydroxylation is 2. The third-order valence-electron chi connectivity index (χ3n) is 3.47. The van der Waals surface area contributed by atoms with Gasteiger partial charge < -0.3 is 9.88 Å². The van der Waals surface area contributed by atoms with Crippen LogP contribution in [0.2, 0.25) is 0 Å². The van der Waals surface area contributed by atoms with Crippen LogP contribution in [0.1, 0.15) is 36.8 Å². The van der Waals surface area contributed by atoms with Crippen LogP contribution in [-0.4, -0.2) is 25.4 Å². The minimum absolute atomic E-state index is 0.731. The van der Waals surface area contributed by atoms with Crippen LogP contribution in [0.25, 0.3) is 0 Å². The molecule has 2 aromatic heterocycles. The highest BCUT2D eigenvalue weighted by molar-refractivity contribution is 5.10. The molecule has 3 rings (SSSR count). The summed E-state index contributed by atoms with van der Waals surface area (Å²) in [5.74, 6) is 0. The van der Waals surface area contributed by atoms with Gasteiger partial charge >= 0.3 is 0 Å². The number of aromatic nitrogens is 4. The van der Waals surface area contributed by atoms with E-state index in [2.05, 4.69) is 43.8 Å². The molecule has 1 N–H and O–H groups in total. The average Bonchev–Trinajstić information content (AvgIpc) is 3.02. The Kier molecular flexibility index (Phi) is 3.38. The highest BCUT2D eigenvalue weighted by Crippen LogP contribution is 2.19. The molecule has 0 amide bonds. The molecular formula is C14H21N5. The van der Waals surface area contributed by atoms with Crippen molar-refractivity contribution < 1.29 is 0 Å². The van der Waals surface area contributed by atoms with E-state index in [1.807, 2.05) is 13.3 Å². The highest BCUT2D eigenvalue weighted by Gasteiger charge is 2.20. The fourth-order valence-electron chi connectivity index (χ4n) is 2.31. The van der Waals surface area contributed by atoms with E-state index in [4.69, 9.17) is 0 Å². The summed E-state index contributed by atoms with van der Waals surface area (Å²) < 4.78 is 4.18. The molecule has 0 saturated heterocycles. The van der Waals surface area contributed by atoms with Gasteiger partial charge in [-0.3, -0.25) is 4.68 Å². The van der Waals surface area contributed by atoms with E-state index >= 15 is 0 Å². The zero-order valence-electron chi connectivity index (χ0n) is 11.6. The monoisotopic (exact) mass is 259 g/mol. The molecule has 2 heterocycles. The minimum Gasteiger partial charge on any atom is -0.331 e. The number of nitrogens with one attached hydrogen (secondary N) is 1. The molecule has 0 aliphatic heterocycles. The van der Waals surface area contributed by atoms with Crippen molar-refractivity contribution in [3.63, 3.8) is 0 Å². The first-order chi connectivity index (χ1) is 9.24. The summed E-state index contributed by atoms with van der Waals surface area (Å²) in [5, 5.41) is 7.95. The number of hydrogen-bond acceptors (Lipinski definition) is 3. The zero-order valence-corrected chi connectivity index (χ0v) is 11.6. The van der Waals surface area contributed by atoms with Crippen LogP contribution < -0.4 is 5.32 Å². The Morgan fingerprint density at radius 2 is 2.26 bits per heavy atom. The first-order valence-electron chi connectivity index (χ1n) is 7.02. The Morgan fingerprint density at radius 1 is 1.42 bits per heavy atom. The van der Waals surface area contributed by atoms with Crippen LogP contribution in [0, 0.1) is 6.92 Å². The van der Waals surface area contributed by atoms with Crippen molar-refractivity contribution in [2.75, 3.05) is 0 Å². The van der Waals surface area contributed by atoms with Crippen LogP contribution in [0.15, 0.2) is 18.6 Å². The maximum Gasteiger partial charge on any atom is 0.0953 e. The number of nitrogens with zero attached hydrogens (tertiary/aromatic N) is 4. The van der Waals surface area contributed by atoms with Gasteiger partial charge in [0.15, 0.2) is 0 Å². The summed E-state index contributed by atoms with van der Waals surface area (Å²) >= 11 is 0. The summed E-state index contributed by atoms with van der Waals surface area (Å²) in [6.07, 6.45) is 6.66. The van der Waals surface area contributed by atoms with Gasteiger partial charge in [0.2, 0.25) is 0 Å². The Hall–Kier alpha value is -1.62. The Bertz CT molecular complexity index is 550. The maximum absolute atomic E-state index is 4.47. The fraction of sp³-hybridized carbons (Fsp3) is 0.571. The number of rotatable bonds is 6. The molecule has 0 unspecified atom stereocenters. The van der Waals surface area contributed by atoms with E-state index in [9.17, 15) is 0 Å². The van der Waals surface area contributed by atoms with Gasteiger partial charge in [0.1, 0.15) is 0 Å². The van der Waals surface area contributed by atoms with Crippen LogP contribution >= 0.6 is 0 Å². The molecule has 1 aliphatic rings. The second-order valence-electron chi connectivity index (χ2n) is 5.29. The molecule has 0 radical (unpaired) electrons. The molecule has 2 aromatic rings. The lowest BCUT2D eigenvalue weighted by Crippen LogP contribution is -2.15. The van der Waals surface area contributed by atoms with Gasteiger partial charge in [-0.05, 0) is 32.8 Å². The molecule has 1 aliphatic carbocycles. The fourth-order valence-corrected chi connectivity index (χ4v) is 2.31. The van der Waals surface area contributed by atoms with Crippen molar-refractivity contribution in [1.29, 1.82) is 0 Å². The van der Waals surface area contributed by atoms with Gasteiger partial charge in [0.05, 0.1) is 30.0 Å². The highest BCUT2D eigenvalue weighted by atomic mass is 15.3. The number of hydrogen-bond donors (Lipinski definition) is 1. The molecule has 0 aromatic carbocycles. The van der Waals surface area contributed by atoms with Crippen LogP contribution in [0.5, 0.6) is 0 Å². The van der Waals surface area contributed by atoms with Crippen LogP contribution in [-0.2, 0) is 19.6 Å². The smallest absolute Gasteiger partial charge is 0.0953 e. The lowest BCUT2D eigenvalue weighted by atomic mass is 10.3. The molecule has 1 saturated carbocycles. The molecule has 0 atom stereocenters. The molecule has 102 valence electrons. The van der Waals surface area contributed by atoms with Gasteiger partial charge in [0.25, 0.3) is 0 Å². The van der Waals surface area contributed by atoms with Crippen molar-refractivity contribution in [2.24, 2.45) is 0 Å². The maximum atomic E-state index is 4.47. The lowest BCUT2D eigenvalue weighted by molar-refractivity contribution is 0.596. The Labute approximate surface area is 113 Å². The van der Waals surface area contributed by atoms with Crippen LogP contribution in [0.3, 0.4) is 0 Å². The summed E-state index contributed by atoms with van der Waals surface area (Å²) in [6, 6.07) is 2.88. The topological polar surface area (TPSA) is 47.7 Å². The molecule has 5 heteroatoms. The summed E-state index contributed by atoms with van der Waals surface area (Å²) in [5.41, 5.74) is 3.43. The second-order valence-corrected chi connectivity index (χ2v) is 5.29. The van der Waals surface area contributed by atoms with Crippen molar-refractivity contribution in [3.05, 3.63) is 35.7 Å². The molecular weight excluding hydrogens is 238 g/mol. The Balaban J connectivity index is 1.64. The van der Waals surface area contributed by atoms with Gasteiger partial charge in [-0.1, -0.05) is 0 Å². The summed E-state index contributed by atoms with van der Waals surface area (Å²) in [6.45, 7) is 6.78. The SMILES string of the molecule is CCn1nc(C)cc1Cn1cnc(CNC2CC2)c1. The standard InChI is InChI=1S/C14H21N5/c1-3-19-14(6-11(2)17-19)9-18-8-13(16-10-18)7-15-12-4-5-12/h6,8,10,12,15H,3-5,7,9H2,1-2H3. The first kappa shape index (κ1) is 12.4. The normalized spacial score (nSPS) is 15.1. The quantitative estimate of drug-likeness (QED) is 0.859. The van der Waals surface area contributed by atoms with Crippen molar-refractivity contribution >= 4 is 0 Å². The third kappa shape index (κ3) is 3.04. The summed E-state index contributed by atoms with van der Waals surface area (Å²) in [4.78, 5) is 4.45. The second kappa shape index (κ2) is 5.17. The van der Waals surface area contributed by atoms with Crippen LogP contribution in [0.4, 0.5) is 0 Å². The van der Waals surface area contributed by atoms with E-state index in [0.29, 0.717) is 0 Å². The molecule has 0 bridgehead atoms. The zero-order chi connectivity index (χ0) is 13.2. The van der Waals surface area contributed by atoms with Gasteiger partial charge in [-0.2, -0.15) is 5.10 Å².